The smallest absolute Gasteiger partial charge is 0.0819 e. The first-order valence-corrected chi connectivity index (χ1v) is 7.50. The topological polar surface area (TPSA) is 35.5 Å². The Labute approximate surface area is 106 Å². The summed E-state index contributed by atoms with van der Waals surface area (Å²) in [6.07, 6.45) is 10.2. The van der Waals surface area contributed by atoms with Crippen molar-refractivity contribution in [2.75, 3.05) is 26.2 Å². The average molecular weight is 240 g/mol. The summed E-state index contributed by atoms with van der Waals surface area (Å²) in [6.45, 7) is 4.33. The van der Waals surface area contributed by atoms with E-state index < -0.39 is 0 Å². The Morgan fingerprint density at radius 3 is 2.47 bits per heavy atom. The van der Waals surface area contributed by atoms with Gasteiger partial charge < -0.3 is 15.3 Å². The van der Waals surface area contributed by atoms with Crippen LogP contribution in [0.5, 0.6) is 0 Å². The molecule has 0 aromatic heterocycles. The molecule has 0 saturated carbocycles. The molecular formula is C14H28N2O. The minimum absolute atomic E-state index is 0.175. The normalized spacial score (nSPS) is 30.5. The SMILES string of the molecule is OC(CN1CCCCCC1)C1CCCCCN1. The molecule has 3 nitrogen and oxygen atoms in total. The zero-order valence-corrected chi connectivity index (χ0v) is 11.0. The van der Waals surface area contributed by atoms with Crippen molar-refractivity contribution in [1.82, 2.24) is 10.2 Å². The van der Waals surface area contributed by atoms with Crippen LogP contribution in [0.4, 0.5) is 0 Å². The molecule has 0 radical (unpaired) electrons. The first kappa shape index (κ1) is 13.3. The Morgan fingerprint density at radius 2 is 1.71 bits per heavy atom. The van der Waals surface area contributed by atoms with E-state index in [9.17, 15) is 5.11 Å². The fourth-order valence-electron chi connectivity index (χ4n) is 3.09. The largest absolute Gasteiger partial charge is 0.390 e. The molecule has 2 fully saturated rings. The first-order valence-electron chi connectivity index (χ1n) is 7.50. The summed E-state index contributed by atoms with van der Waals surface area (Å²) >= 11 is 0. The number of hydrogen-bond donors (Lipinski definition) is 2. The number of β-amino-alcohol motifs (C(OH)–C–C–N with tert-alkyl or cyclic N) is 1. The van der Waals surface area contributed by atoms with Crippen molar-refractivity contribution in [2.45, 2.75) is 63.5 Å². The molecule has 0 bridgehead atoms. The predicted octanol–water partition coefficient (Wildman–Crippen LogP) is 1.76. The lowest BCUT2D eigenvalue weighted by Gasteiger charge is -2.28. The van der Waals surface area contributed by atoms with Gasteiger partial charge in [-0.25, -0.2) is 0 Å². The van der Waals surface area contributed by atoms with Gasteiger partial charge >= 0.3 is 0 Å². The summed E-state index contributed by atoms with van der Waals surface area (Å²) < 4.78 is 0. The van der Waals surface area contributed by atoms with Crippen LogP contribution in [0.25, 0.3) is 0 Å². The van der Waals surface area contributed by atoms with Crippen LogP contribution in [-0.4, -0.2) is 48.3 Å². The van der Waals surface area contributed by atoms with Crippen LogP contribution in [0, 0.1) is 0 Å². The monoisotopic (exact) mass is 240 g/mol. The first-order chi connectivity index (χ1) is 8.36. The lowest BCUT2D eigenvalue weighted by molar-refractivity contribution is 0.0790. The van der Waals surface area contributed by atoms with Gasteiger partial charge in [-0.2, -0.15) is 0 Å². The van der Waals surface area contributed by atoms with Crippen LogP contribution in [0.3, 0.4) is 0 Å². The molecular weight excluding hydrogens is 212 g/mol. The molecule has 0 amide bonds. The second-order valence-electron chi connectivity index (χ2n) is 5.69. The van der Waals surface area contributed by atoms with Gasteiger partial charge in [0.25, 0.3) is 0 Å². The van der Waals surface area contributed by atoms with E-state index in [1.807, 2.05) is 0 Å². The number of rotatable bonds is 3. The van der Waals surface area contributed by atoms with Crippen molar-refractivity contribution < 1.29 is 5.11 Å². The zero-order chi connectivity index (χ0) is 11.9. The summed E-state index contributed by atoms with van der Waals surface area (Å²) in [5.41, 5.74) is 0. The number of aliphatic hydroxyl groups is 1. The van der Waals surface area contributed by atoms with Crippen molar-refractivity contribution in [3.05, 3.63) is 0 Å². The number of hydrogen-bond acceptors (Lipinski definition) is 3. The summed E-state index contributed by atoms with van der Waals surface area (Å²) in [6, 6.07) is 0.334. The van der Waals surface area contributed by atoms with Gasteiger partial charge in [-0.1, -0.05) is 25.7 Å². The van der Waals surface area contributed by atoms with Gasteiger partial charge in [-0.05, 0) is 45.3 Å². The molecule has 2 saturated heterocycles. The summed E-state index contributed by atoms with van der Waals surface area (Å²) in [4.78, 5) is 2.46. The lowest BCUT2D eigenvalue weighted by Crippen LogP contribution is -2.46. The van der Waals surface area contributed by atoms with Gasteiger partial charge in [0.1, 0.15) is 0 Å². The van der Waals surface area contributed by atoms with E-state index in [1.54, 1.807) is 0 Å². The molecule has 2 atom stereocenters. The van der Waals surface area contributed by atoms with Gasteiger partial charge in [0.15, 0.2) is 0 Å². The zero-order valence-electron chi connectivity index (χ0n) is 11.0. The molecule has 2 heterocycles. The van der Waals surface area contributed by atoms with E-state index in [-0.39, 0.29) is 6.10 Å². The number of aliphatic hydroxyl groups excluding tert-OH is 1. The minimum Gasteiger partial charge on any atom is -0.390 e. The van der Waals surface area contributed by atoms with Gasteiger partial charge in [-0.15, -0.1) is 0 Å². The van der Waals surface area contributed by atoms with Crippen molar-refractivity contribution in [3.63, 3.8) is 0 Å². The van der Waals surface area contributed by atoms with E-state index in [0.29, 0.717) is 6.04 Å². The second-order valence-corrected chi connectivity index (χ2v) is 5.69. The van der Waals surface area contributed by atoms with E-state index >= 15 is 0 Å². The molecule has 0 aliphatic carbocycles. The second kappa shape index (κ2) is 7.34. The van der Waals surface area contributed by atoms with Crippen LogP contribution in [0.1, 0.15) is 51.4 Å². The van der Waals surface area contributed by atoms with Crippen LogP contribution in [0.15, 0.2) is 0 Å². The Kier molecular flexibility index (Phi) is 5.75. The standard InChI is InChI=1S/C14H28N2O/c17-14(13-8-4-3-5-9-15-13)12-16-10-6-1-2-7-11-16/h13-15,17H,1-12H2. The molecule has 2 aliphatic heterocycles. The number of likely N-dealkylation sites (tertiary alicyclic amines) is 1. The fourth-order valence-corrected chi connectivity index (χ4v) is 3.09. The highest BCUT2D eigenvalue weighted by Crippen LogP contribution is 2.14. The third kappa shape index (κ3) is 4.57. The maximum absolute atomic E-state index is 10.3. The molecule has 17 heavy (non-hydrogen) atoms. The third-order valence-electron chi connectivity index (χ3n) is 4.21. The molecule has 0 aromatic rings. The van der Waals surface area contributed by atoms with E-state index in [4.69, 9.17) is 0 Å². The van der Waals surface area contributed by atoms with E-state index in [1.165, 1.54) is 58.0 Å². The van der Waals surface area contributed by atoms with Crippen molar-refractivity contribution in [2.24, 2.45) is 0 Å². The van der Waals surface area contributed by atoms with Gasteiger partial charge in [0.2, 0.25) is 0 Å². The number of nitrogens with zero attached hydrogens (tertiary/aromatic N) is 1. The van der Waals surface area contributed by atoms with Gasteiger partial charge in [0.05, 0.1) is 6.10 Å². The summed E-state index contributed by atoms with van der Waals surface area (Å²) in [5, 5.41) is 13.8. The van der Waals surface area contributed by atoms with Crippen LogP contribution in [-0.2, 0) is 0 Å². The Balaban J connectivity index is 1.75. The predicted molar refractivity (Wildman–Crippen MR) is 71.2 cm³/mol. The van der Waals surface area contributed by atoms with Crippen molar-refractivity contribution >= 4 is 0 Å². The molecule has 3 heteroatoms. The highest BCUT2D eigenvalue weighted by molar-refractivity contribution is 4.81. The molecule has 100 valence electrons. The van der Waals surface area contributed by atoms with Crippen LogP contribution < -0.4 is 5.32 Å². The number of nitrogens with one attached hydrogen (secondary N) is 1. The molecule has 0 spiro atoms. The van der Waals surface area contributed by atoms with Crippen LogP contribution >= 0.6 is 0 Å². The molecule has 2 aliphatic rings. The lowest BCUT2D eigenvalue weighted by atomic mass is 10.0. The molecule has 2 N–H and O–H groups in total. The maximum atomic E-state index is 10.3. The van der Waals surface area contributed by atoms with Gasteiger partial charge in [-0.3, -0.25) is 0 Å². The average Bonchev–Trinajstić information content (AvgIpc) is 2.72. The Morgan fingerprint density at radius 1 is 1.00 bits per heavy atom. The van der Waals surface area contributed by atoms with E-state index in [2.05, 4.69) is 10.2 Å². The maximum Gasteiger partial charge on any atom is 0.0819 e. The molecule has 0 aromatic carbocycles. The molecule has 2 unspecified atom stereocenters. The minimum atomic E-state index is -0.175. The third-order valence-corrected chi connectivity index (χ3v) is 4.21. The van der Waals surface area contributed by atoms with Crippen molar-refractivity contribution in [1.29, 1.82) is 0 Å². The Bertz CT molecular complexity index is 194. The quantitative estimate of drug-likeness (QED) is 0.789. The summed E-state index contributed by atoms with van der Waals surface area (Å²) in [7, 11) is 0. The fraction of sp³-hybridized carbons (Fsp3) is 1.00. The van der Waals surface area contributed by atoms with Gasteiger partial charge in [0, 0.05) is 12.6 Å². The molecule has 2 rings (SSSR count). The highest BCUT2D eigenvalue weighted by Gasteiger charge is 2.22. The van der Waals surface area contributed by atoms with E-state index in [0.717, 1.165) is 19.5 Å². The Hall–Kier alpha value is -0.120. The van der Waals surface area contributed by atoms with Crippen molar-refractivity contribution in [3.8, 4) is 0 Å². The highest BCUT2D eigenvalue weighted by atomic mass is 16.3. The van der Waals surface area contributed by atoms with Crippen LogP contribution in [0.2, 0.25) is 0 Å². The summed E-state index contributed by atoms with van der Waals surface area (Å²) in [5.74, 6) is 0.